The van der Waals surface area contributed by atoms with E-state index < -0.39 is 5.60 Å². The highest BCUT2D eigenvalue weighted by atomic mass is 19.1. The lowest BCUT2D eigenvalue weighted by Gasteiger charge is -2.29. The lowest BCUT2D eigenvalue weighted by atomic mass is 9.88. The maximum absolute atomic E-state index is 13.1. The highest BCUT2D eigenvalue weighted by Gasteiger charge is 2.50. The maximum Gasteiger partial charge on any atom is 0.407 e. The molecule has 1 aromatic rings. The van der Waals surface area contributed by atoms with E-state index in [0.717, 1.165) is 12.8 Å². The lowest BCUT2D eigenvalue weighted by molar-refractivity contribution is -0.119. The molecular formula is C31H52FN7O4. The highest BCUT2D eigenvalue weighted by Crippen LogP contribution is 2.35. The molecule has 11 nitrogen and oxygen atoms in total. The second kappa shape index (κ2) is 14.8. The SMILES string of the molecule is CC(C)NC(=O)N1C[C@H](CN(N)/C=C(\N)c2ccc(F)cc2)[C@@H]2[C@H]1CCN2C=O.CC(NC(=O)OC(C)(C)C)C(C)(C)C. The molecule has 12 heteroatoms. The molecule has 2 aliphatic heterocycles. The number of nitrogens with zero attached hydrogens (tertiary/aromatic N) is 3. The number of fused-ring (bicyclic) bond motifs is 1. The number of nitrogens with one attached hydrogen (secondary N) is 2. The van der Waals surface area contributed by atoms with Gasteiger partial charge in [0.05, 0.1) is 17.8 Å². The molecule has 4 atom stereocenters. The summed E-state index contributed by atoms with van der Waals surface area (Å²) >= 11 is 0. The number of rotatable bonds is 7. The number of ether oxygens (including phenoxy) is 1. The number of halogens is 1. The summed E-state index contributed by atoms with van der Waals surface area (Å²) in [6.45, 7) is 19.2. The predicted molar refractivity (Wildman–Crippen MR) is 167 cm³/mol. The molecule has 1 unspecified atom stereocenters. The predicted octanol–water partition coefficient (Wildman–Crippen LogP) is 3.85. The van der Waals surface area contributed by atoms with Gasteiger partial charge in [-0.3, -0.25) is 4.79 Å². The molecule has 0 saturated carbocycles. The van der Waals surface area contributed by atoms with Crippen LogP contribution >= 0.6 is 0 Å². The van der Waals surface area contributed by atoms with Crippen LogP contribution in [0.3, 0.4) is 0 Å². The zero-order valence-corrected chi connectivity index (χ0v) is 27.2. The third kappa shape index (κ3) is 10.9. The third-order valence-electron chi connectivity index (χ3n) is 7.54. The molecule has 242 valence electrons. The molecule has 2 saturated heterocycles. The minimum Gasteiger partial charge on any atom is -0.444 e. The number of likely N-dealkylation sites (tertiary alicyclic amines) is 2. The van der Waals surface area contributed by atoms with E-state index in [1.165, 1.54) is 17.1 Å². The maximum atomic E-state index is 13.1. The first-order valence-corrected chi connectivity index (χ1v) is 14.8. The second-order valence-corrected chi connectivity index (χ2v) is 13.7. The van der Waals surface area contributed by atoms with Crippen molar-refractivity contribution in [3.8, 4) is 0 Å². The molecule has 0 aliphatic carbocycles. The van der Waals surface area contributed by atoms with Crippen molar-refractivity contribution in [2.24, 2.45) is 22.9 Å². The molecule has 0 bridgehead atoms. The van der Waals surface area contributed by atoms with Gasteiger partial charge in [0.15, 0.2) is 0 Å². The fourth-order valence-electron chi connectivity index (χ4n) is 5.02. The number of urea groups is 1. The first kappa shape index (κ1) is 35.7. The van der Waals surface area contributed by atoms with E-state index in [0.29, 0.717) is 30.9 Å². The topological polar surface area (TPSA) is 146 Å². The Morgan fingerprint density at radius 1 is 1.12 bits per heavy atom. The number of hydrogen-bond donors (Lipinski definition) is 4. The van der Waals surface area contributed by atoms with Gasteiger partial charge < -0.3 is 35.9 Å². The second-order valence-electron chi connectivity index (χ2n) is 13.7. The Morgan fingerprint density at radius 3 is 2.23 bits per heavy atom. The van der Waals surface area contributed by atoms with Gasteiger partial charge in [-0.2, -0.15) is 0 Å². The minimum absolute atomic E-state index is 0.00659. The molecule has 0 spiro atoms. The summed E-state index contributed by atoms with van der Waals surface area (Å²) in [6, 6.07) is 5.77. The van der Waals surface area contributed by atoms with Gasteiger partial charge in [-0.25, -0.2) is 19.8 Å². The van der Waals surface area contributed by atoms with Crippen LogP contribution in [0, 0.1) is 17.2 Å². The molecule has 3 rings (SSSR count). The van der Waals surface area contributed by atoms with Gasteiger partial charge in [0.2, 0.25) is 6.41 Å². The Balaban J connectivity index is 0.000000391. The van der Waals surface area contributed by atoms with E-state index in [9.17, 15) is 18.8 Å². The van der Waals surface area contributed by atoms with Gasteiger partial charge in [0.25, 0.3) is 0 Å². The number of carbonyl (C=O) groups excluding carboxylic acids is 3. The minimum atomic E-state index is -0.429. The summed E-state index contributed by atoms with van der Waals surface area (Å²) in [5.74, 6) is 5.83. The van der Waals surface area contributed by atoms with E-state index >= 15 is 0 Å². The average molecular weight is 606 g/mol. The number of alkyl carbamates (subject to hydrolysis) is 1. The molecule has 2 fully saturated rings. The van der Waals surface area contributed by atoms with Gasteiger partial charge in [-0.1, -0.05) is 20.8 Å². The number of hydrogen-bond acceptors (Lipinski definition) is 7. The Hall–Kier alpha value is -3.54. The third-order valence-corrected chi connectivity index (χ3v) is 7.54. The van der Waals surface area contributed by atoms with E-state index in [1.54, 1.807) is 23.2 Å². The van der Waals surface area contributed by atoms with Crippen molar-refractivity contribution in [1.29, 1.82) is 0 Å². The van der Waals surface area contributed by atoms with Crippen molar-refractivity contribution in [1.82, 2.24) is 25.4 Å². The van der Waals surface area contributed by atoms with E-state index in [-0.39, 0.29) is 53.4 Å². The fourth-order valence-corrected chi connectivity index (χ4v) is 5.02. The first-order valence-electron chi connectivity index (χ1n) is 14.8. The van der Waals surface area contributed by atoms with Crippen molar-refractivity contribution in [2.45, 2.75) is 98.5 Å². The van der Waals surface area contributed by atoms with Crippen LogP contribution in [-0.4, -0.2) is 82.7 Å². The number of benzene rings is 1. The van der Waals surface area contributed by atoms with Crippen LogP contribution in [0.15, 0.2) is 30.5 Å². The van der Waals surface area contributed by atoms with E-state index in [1.807, 2.05) is 46.4 Å². The van der Waals surface area contributed by atoms with Crippen molar-refractivity contribution < 1.29 is 23.5 Å². The van der Waals surface area contributed by atoms with Crippen LogP contribution < -0.4 is 22.2 Å². The molecule has 0 radical (unpaired) electrons. The quantitative estimate of drug-likeness (QED) is 0.210. The number of hydrazine groups is 1. The molecule has 2 heterocycles. The molecule has 1 aromatic carbocycles. The molecule has 2 aliphatic rings. The Bertz CT molecular complexity index is 1110. The van der Waals surface area contributed by atoms with Crippen LogP contribution in [-0.2, 0) is 9.53 Å². The number of carbonyl (C=O) groups is 3. The van der Waals surface area contributed by atoms with Crippen molar-refractivity contribution in [2.75, 3.05) is 19.6 Å². The van der Waals surface area contributed by atoms with E-state index in [2.05, 4.69) is 31.4 Å². The van der Waals surface area contributed by atoms with Crippen LogP contribution in [0.2, 0.25) is 0 Å². The Morgan fingerprint density at radius 2 is 1.72 bits per heavy atom. The summed E-state index contributed by atoms with van der Waals surface area (Å²) in [6.07, 6.45) is 2.86. The van der Waals surface area contributed by atoms with Crippen molar-refractivity contribution >= 4 is 24.2 Å². The molecule has 4 amide bonds. The zero-order valence-electron chi connectivity index (χ0n) is 27.2. The van der Waals surface area contributed by atoms with Crippen molar-refractivity contribution in [3.05, 3.63) is 41.8 Å². The van der Waals surface area contributed by atoms with Crippen LogP contribution in [0.5, 0.6) is 0 Å². The number of amides is 4. The molecule has 43 heavy (non-hydrogen) atoms. The van der Waals surface area contributed by atoms with Gasteiger partial charge in [-0.15, -0.1) is 0 Å². The van der Waals surface area contributed by atoms with Crippen LogP contribution in [0.25, 0.3) is 5.70 Å². The van der Waals surface area contributed by atoms with Gasteiger partial charge >= 0.3 is 12.1 Å². The summed E-state index contributed by atoms with van der Waals surface area (Å²) in [4.78, 5) is 39.1. The smallest absolute Gasteiger partial charge is 0.407 e. The van der Waals surface area contributed by atoms with Crippen molar-refractivity contribution in [3.63, 3.8) is 0 Å². The van der Waals surface area contributed by atoms with Crippen LogP contribution in [0.1, 0.15) is 74.3 Å². The van der Waals surface area contributed by atoms with Gasteiger partial charge in [-0.05, 0) is 83.2 Å². The fraction of sp³-hybridized carbons (Fsp3) is 0.645. The normalized spacial score (nSPS) is 21.0. The largest absolute Gasteiger partial charge is 0.444 e. The molecular weight excluding hydrogens is 553 g/mol. The monoisotopic (exact) mass is 605 g/mol. The number of nitrogens with two attached hydrogens (primary N) is 2. The first-order chi connectivity index (χ1) is 19.8. The summed E-state index contributed by atoms with van der Waals surface area (Å²) in [5, 5.41) is 7.23. The summed E-state index contributed by atoms with van der Waals surface area (Å²) in [7, 11) is 0. The van der Waals surface area contributed by atoms with Crippen LogP contribution in [0.4, 0.5) is 14.0 Å². The van der Waals surface area contributed by atoms with E-state index in [4.69, 9.17) is 16.3 Å². The average Bonchev–Trinajstić information content (AvgIpc) is 3.43. The lowest BCUT2D eigenvalue weighted by Crippen LogP contribution is -2.46. The Kier molecular flexibility index (Phi) is 12.2. The Labute approximate surface area is 256 Å². The highest BCUT2D eigenvalue weighted by molar-refractivity contribution is 5.75. The zero-order chi connectivity index (χ0) is 32.7. The standard InChI is InChI=1S/C20H29FN6O2.C11H23NO2/c1-13(2)24-20(29)27-10-15(19-18(27)7-8-25(19)12-28)9-26(23)11-17(22)14-3-5-16(21)6-4-14;1-8(10(2,3)4)12-9(13)14-11(5,6)7/h3-6,11-13,15,18-19H,7-10,22-23H2,1-2H3,(H,24,29);8H,1-7H3,(H,12,13)/b17-11-;/t15-,18+,19+;/m0./s1. The summed E-state index contributed by atoms with van der Waals surface area (Å²) in [5.41, 5.74) is 6.79. The molecule has 6 N–H and O–H groups in total. The summed E-state index contributed by atoms with van der Waals surface area (Å²) < 4.78 is 18.2. The van der Waals surface area contributed by atoms with Gasteiger partial charge in [0.1, 0.15) is 11.4 Å². The van der Waals surface area contributed by atoms with Gasteiger partial charge in [0, 0.05) is 43.8 Å². The molecule has 0 aromatic heterocycles.